The maximum Gasteiger partial charge on any atom is 0.347 e. The molecule has 0 spiro atoms. The van der Waals surface area contributed by atoms with Crippen LogP contribution in [0.25, 0.3) is 0 Å². The number of hydrogen-bond acceptors (Lipinski definition) is 3. The molecule has 0 unspecified atom stereocenters. The van der Waals surface area contributed by atoms with Crippen molar-refractivity contribution < 1.29 is 14.6 Å². The van der Waals surface area contributed by atoms with Crippen molar-refractivity contribution in [2.24, 2.45) is 0 Å². The topological polar surface area (TPSA) is 46.5 Å². The molecule has 0 amide bonds. The molecule has 1 N–H and O–H groups in total. The Bertz CT molecular complexity index is 658. The van der Waals surface area contributed by atoms with Gasteiger partial charge in [-0.15, -0.1) is 0 Å². The molecule has 0 radical (unpaired) electrons. The standard InChI is InChI=1S/C19H22O3/c1-12(2)14-10-16(13(3)4)18(20)17(11-14)19(21)22-15-8-6-5-7-9-15/h5-13,20H,1-4H3. The van der Waals surface area contributed by atoms with Crippen LogP contribution in [0.4, 0.5) is 0 Å². The molecule has 116 valence electrons. The number of para-hydroxylation sites is 1. The van der Waals surface area contributed by atoms with Crippen molar-refractivity contribution in [2.75, 3.05) is 0 Å². The zero-order chi connectivity index (χ0) is 16.3. The third kappa shape index (κ3) is 3.48. The van der Waals surface area contributed by atoms with Gasteiger partial charge in [-0.1, -0.05) is 52.0 Å². The highest BCUT2D eigenvalue weighted by molar-refractivity contribution is 5.94. The molecule has 0 aliphatic carbocycles. The Morgan fingerprint density at radius 3 is 2.18 bits per heavy atom. The van der Waals surface area contributed by atoms with Gasteiger partial charge in [-0.25, -0.2) is 4.79 Å². The molecule has 22 heavy (non-hydrogen) atoms. The van der Waals surface area contributed by atoms with Crippen molar-refractivity contribution >= 4 is 5.97 Å². The predicted octanol–water partition coefficient (Wildman–Crippen LogP) is 4.86. The van der Waals surface area contributed by atoms with E-state index in [1.165, 1.54) is 0 Å². The Hall–Kier alpha value is -2.29. The highest BCUT2D eigenvalue weighted by atomic mass is 16.5. The van der Waals surface area contributed by atoms with E-state index in [0.29, 0.717) is 5.75 Å². The van der Waals surface area contributed by atoms with E-state index in [0.717, 1.165) is 11.1 Å². The lowest BCUT2D eigenvalue weighted by molar-refractivity contribution is 0.0731. The van der Waals surface area contributed by atoms with Crippen LogP contribution in [0, 0.1) is 0 Å². The summed E-state index contributed by atoms with van der Waals surface area (Å²) in [5.41, 5.74) is 2.01. The van der Waals surface area contributed by atoms with Crippen LogP contribution in [0.1, 0.15) is 61.0 Å². The molecule has 0 aliphatic heterocycles. The van der Waals surface area contributed by atoms with Crippen molar-refractivity contribution in [3.05, 3.63) is 59.2 Å². The molecule has 3 nitrogen and oxygen atoms in total. The van der Waals surface area contributed by atoms with Crippen LogP contribution in [0.3, 0.4) is 0 Å². The largest absolute Gasteiger partial charge is 0.507 e. The van der Waals surface area contributed by atoms with E-state index in [1.807, 2.05) is 26.0 Å². The first kappa shape index (κ1) is 16.1. The monoisotopic (exact) mass is 298 g/mol. The number of hydrogen-bond donors (Lipinski definition) is 1. The lowest BCUT2D eigenvalue weighted by atomic mass is 9.92. The molecule has 0 atom stereocenters. The molecule has 0 aliphatic rings. The summed E-state index contributed by atoms with van der Waals surface area (Å²) in [6, 6.07) is 12.6. The Morgan fingerprint density at radius 1 is 1.00 bits per heavy atom. The normalized spacial score (nSPS) is 11.0. The van der Waals surface area contributed by atoms with E-state index >= 15 is 0 Å². The molecule has 2 rings (SSSR count). The van der Waals surface area contributed by atoms with Gasteiger partial charge in [-0.05, 0) is 41.2 Å². The summed E-state index contributed by atoms with van der Waals surface area (Å²) in [6.07, 6.45) is 0. The smallest absolute Gasteiger partial charge is 0.347 e. The molecular formula is C19H22O3. The summed E-state index contributed by atoms with van der Waals surface area (Å²) in [6.45, 7) is 8.10. The molecule has 2 aromatic carbocycles. The van der Waals surface area contributed by atoms with Crippen LogP contribution >= 0.6 is 0 Å². The van der Waals surface area contributed by atoms with Gasteiger partial charge in [0, 0.05) is 0 Å². The number of carbonyl (C=O) groups excluding carboxylic acids is 1. The summed E-state index contributed by atoms with van der Waals surface area (Å²) in [4.78, 5) is 12.4. The van der Waals surface area contributed by atoms with E-state index in [1.54, 1.807) is 30.3 Å². The van der Waals surface area contributed by atoms with Crippen LogP contribution < -0.4 is 4.74 Å². The number of carbonyl (C=O) groups is 1. The van der Waals surface area contributed by atoms with Gasteiger partial charge in [0.25, 0.3) is 0 Å². The van der Waals surface area contributed by atoms with Crippen molar-refractivity contribution in [3.63, 3.8) is 0 Å². The predicted molar refractivity (Wildman–Crippen MR) is 87.7 cm³/mol. The summed E-state index contributed by atoms with van der Waals surface area (Å²) in [7, 11) is 0. The first-order chi connectivity index (χ1) is 10.4. The second kappa shape index (κ2) is 6.65. The van der Waals surface area contributed by atoms with Gasteiger partial charge in [0.05, 0.1) is 0 Å². The maximum absolute atomic E-state index is 12.4. The average Bonchev–Trinajstić information content (AvgIpc) is 2.47. The van der Waals surface area contributed by atoms with Crippen molar-refractivity contribution in [2.45, 2.75) is 39.5 Å². The minimum absolute atomic E-state index is 0.0142. The molecule has 0 saturated heterocycles. The highest BCUT2D eigenvalue weighted by Crippen LogP contribution is 2.33. The van der Waals surface area contributed by atoms with E-state index in [-0.39, 0.29) is 23.1 Å². The van der Waals surface area contributed by atoms with Crippen molar-refractivity contribution in [1.29, 1.82) is 0 Å². The summed E-state index contributed by atoms with van der Waals surface area (Å²) >= 11 is 0. The second-order valence-electron chi connectivity index (χ2n) is 6.02. The number of phenolic OH excluding ortho intramolecular Hbond substituents is 1. The zero-order valence-electron chi connectivity index (χ0n) is 13.5. The van der Waals surface area contributed by atoms with Gasteiger partial charge >= 0.3 is 5.97 Å². The highest BCUT2D eigenvalue weighted by Gasteiger charge is 2.20. The molecular weight excluding hydrogens is 276 g/mol. The fraction of sp³-hybridized carbons (Fsp3) is 0.316. The van der Waals surface area contributed by atoms with Crippen LogP contribution in [-0.4, -0.2) is 11.1 Å². The SMILES string of the molecule is CC(C)c1cc(C(=O)Oc2ccccc2)c(O)c(C(C)C)c1. The number of benzene rings is 2. The van der Waals surface area contributed by atoms with E-state index in [2.05, 4.69) is 13.8 Å². The van der Waals surface area contributed by atoms with Crippen molar-refractivity contribution in [1.82, 2.24) is 0 Å². The fourth-order valence-electron chi connectivity index (χ4n) is 2.26. The minimum Gasteiger partial charge on any atom is -0.507 e. The Kier molecular flexibility index (Phi) is 4.86. The Labute approximate surface area is 131 Å². The molecule has 0 aromatic heterocycles. The molecule has 0 saturated carbocycles. The van der Waals surface area contributed by atoms with Crippen LogP contribution in [0.2, 0.25) is 0 Å². The zero-order valence-corrected chi connectivity index (χ0v) is 13.5. The van der Waals surface area contributed by atoms with Gasteiger partial charge in [0.2, 0.25) is 0 Å². The lowest BCUT2D eigenvalue weighted by Gasteiger charge is -2.16. The van der Waals surface area contributed by atoms with Crippen LogP contribution in [0.5, 0.6) is 11.5 Å². The van der Waals surface area contributed by atoms with Gasteiger partial charge in [0.15, 0.2) is 0 Å². The maximum atomic E-state index is 12.4. The van der Waals surface area contributed by atoms with Gasteiger partial charge in [-0.2, -0.15) is 0 Å². The molecule has 2 aromatic rings. The van der Waals surface area contributed by atoms with Gasteiger partial charge < -0.3 is 9.84 Å². The van der Waals surface area contributed by atoms with E-state index < -0.39 is 5.97 Å². The third-order valence-electron chi connectivity index (χ3n) is 3.62. The number of phenols is 1. The summed E-state index contributed by atoms with van der Waals surface area (Å²) < 4.78 is 5.35. The first-order valence-corrected chi connectivity index (χ1v) is 7.54. The lowest BCUT2D eigenvalue weighted by Crippen LogP contribution is -2.11. The molecule has 0 fully saturated rings. The number of aromatic hydroxyl groups is 1. The van der Waals surface area contributed by atoms with Crippen LogP contribution in [0.15, 0.2) is 42.5 Å². The van der Waals surface area contributed by atoms with Crippen LogP contribution in [-0.2, 0) is 0 Å². The Balaban J connectivity index is 2.42. The summed E-state index contributed by atoms with van der Waals surface area (Å²) in [5, 5.41) is 10.4. The second-order valence-corrected chi connectivity index (χ2v) is 6.02. The number of ether oxygens (including phenoxy) is 1. The molecule has 0 heterocycles. The van der Waals surface area contributed by atoms with E-state index in [9.17, 15) is 9.90 Å². The minimum atomic E-state index is -0.534. The number of esters is 1. The van der Waals surface area contributed by atoms with Crippen molar-refractivity contribution in [3.8, 4) is 11.5 Å². The Morgan fingerprint density at radius 2 is 1.64 bits per heavy atom. The molecule has 0 bridgehead atoms. The average molecular weight is 298 g/mol. The fourth-order valence-corrected chi connectivity index (χ4v) is 2.26. The van der Waals surface area contributed by atoms with Gasteiger partial charge in [0.1, 0.15) is 17.1 Å². The molecule has 3 heteroatoms. The van der Waals surface area contributed by atoms with Gasteiger partial charge in [-0.3, -0.25) is 0 Å². The van der Waals surface area contributed by atoms with E-state index in [4.69, 9.17) is 4.74 Å². The quantitative estimate of drug-likeness (QED) is 0.647. The number of rotatable bonds is 4. The first-order valence-electron chi connectivity index (χ1n) is 7.54. The third-order valence-corrected chi connectivity index (χ3v) is 3.62. The summed E-state index contributed by atoms with van der Waals surface area (Å²) in [5.74, 6) is 0.338.